The Morgan fingerprint density at radius 1 is 1.38 bits per heavy atom. The Kier molecular flexibility index (Phi) is 9.71. The predicted molar refractivity (Wildman–Crippen MR) is 108 cm³/mol. The zero-order valence-electron chi connectivity index (χ0n) is 14.9. The van der Waals surface area contributed by atoms with Crippen molar-refractivity contribution in [2.75, 3.05) is 32.1 Å². The van der Waals surface area contributed by atoms with Crippen LogP contribution in [-0.2, 0) is 4.74 Å². The number of nitrogens with one attached hydrogen (secondary N) is 2. The van der Waals surface area contributed by atoms with E-state index in [0.29, 0.717) is 11.9 Å². The summed E-state index contributed by atoms with van der Waals surface area (Å²) >= 11 is 5.68. The molecule has 7 heteroatoms. The third-order valence-electron chi connectivity index (χ3n) is 4.26. The SMILES string of the molecule is CCSC(C)/C(Br)=C\C(=NCNNC1CCCCO1)N1CCCC1. The molecule has 2 aliphatic rings. The van der Waals surface area contributed by atoms with Crippen LogP contribution in [0.3, 0.4) is 0 Å². The number of likely N-dealkylation sites (tertiary alicyclic amines) is 1. The lowest BCUT2D eigenvalue weighted by molar-refractivity contribution is -0.0139. The van der Waals surface area contributed by atoms with E-state index in [1.54, 1.807) is 0 Å². The molecule has 2 heterocycles. The Labute approximate surface area is 159 Å². The molecule has 0 aromatic heterocycles. The normalized spacial score (nSPS) is 24.5. The first-order valence-corrected chi connectivity index (χ1v) is 10.9. The van der Waals surface area contributed by atoms with Gasteiger partial charge in [-0.2, -0.15) is 11.8 Å². The lowest BCUT2D eigenvalue weighted by Gasteiger charge is -2.24. The lowest BCUT2D eigenvalue weighted by Crippen LogP contribution is -2.44. The fraction of sp³-hybridized carbons (Fsp3) is 0.824. The van der Waals surface area contributed by atoms with Crippen LogP contribution in [0.25, 0.3) is 0 Å². The molecule has 0 radical (unpaired) electrons. The van der Waals surface area contributed by atoms with Crippen molar-refractivity contribution in [1.82, 2.24) is 15.8 Å². The second-order valence-corrected chi connectivity index (χ2v) is 8.71. The van der Waals surface area contributed by atoms with E-state index in [2.05, 4.69) is 51.6 Å². The summed E-state index contributed by atoms with van der Waals surface area (Å²) in [5.41, 5.74) is 6.43. The highest BCUT2D eigenvalue weighted by Crippen LogP contribution is 2.24. The Balaban J connectivity index is 1.88. The van der Waals surface area contributed by atoms with Crippen LogP contribution in [0.1, 0.15) is 46.0 Å². The monoisotopic (exact) mass is 418 g/mol. The minimum absolute atomic E-state index is 0.118. The molecule has 24 heavy (non-hydrogen) atoms. The number of ether oxygens (including phenoxy) is 1. The van der Waals surface area contributed by atoms with Crippen LogP contribution in [0, 0.1) is 0 Å². The average Bonchev–Trinajstić information content (AvgIpc) is 3.13. The van der Waals surface area contributed by atoms with Gasteiger partial charge in [-0.1, -0.05) is 22.9 Å². The van der Waals surface area contributed by atoms with Crippen LogP contribution >= 0.6 is 27.7 Å². The molecular formula is C17H31BrN4OS. The molecule has 2 N–H and O–H groups in total. The van der Waals surface area contributed by atoms with Gasteiger partial charge in [0, 0.05) is 29.4 Å². The van der Waals surface area contributed by atoms with Gasteiger partial charge in [-0.3, -0.25) is 4.99 Å². The number of halogens is 1. The number of hydrogen-bond donors (Lipinski definition) is 2. The largest absolute Gasteiger partial charge is 0.362 e. The molecule has 2 atom stereocenters. The van der Waals surface area contributed by atoms with Crippen LogP contribution in [-0.4, -0.2) is 54.3 Å². The maximum absolute atomic E-state index is 5.65. The lowest BCUT2D eigenvalue weighted by atomic mass is 10.2. The number of amidine groups is 1. The molecule has 0 amide bonds. The predicted octanol–water partition coefficient (Wildman–Crippen LogP) is 3.48. The van der Waals surface area contributed by atoms with E-state index >= 15 is 0 Å². The minimum Gasteiger partial charge on any atom is -0.362 e. The molecule has 138 valence electrons. The molecule has 0 bridgehead atoms. The molecule has 2 saturated heterocycles. The zero-order chi connectivity index (χ0) is 17.2. The van der Waals surface area contributed by atoms with Gasteiger partial charge in [0.1, 0.15) is 18.7 Å². The highest BCUT2D eigenvalue weighted by molar-refractivity contribution is 9.11. The van der Waals surface area contributed by atoms with Gasteiger partial charge in [-0.25, -0.2) is 10.9 Å². The fourth-order valence-corrected chi connectivity index (χ4v) is 4.22. The number of thioether (sulfide) groups is 1. The van der Waals surface area contributed by atoms with E-state index in [0.717, 1.165) is 37.7 Å². The third-order valence-corrected chi connectivity index (χ3v) is 6.57. The Bertz CT molecular complexity index is 421. The maximum atomic E-state index is 5.65. The van der Waals surface area contributed by atoms with Crippen molar-refractivity contribution in [2.45, 2.75) is 57.4 Å². The second kappa shape index (κ2) is 11.5. The van der Waals surface area contributed by atoms with Crippen LogP contribution in [0.2, 0.25) is 0 Å². The smallest absolute Gasteiger partial charge is 0.125 e. The summed E-state index contributed by atoms with van der Waals surface area (Å²) in [6, 6.07) is 0. The van der Waals surface area contributed by atoms with Gasteiger partial charge in [-0.15, -0.1) is 0 Å². The van der Waals surface area contributed by atoms with Crippen molar-refractivity contribution in [3.05, 3.63) is 10.6 Å². The number of aliphatic imine (C=N–C) groups is 1. The quantitative estimate of drug-likeness (QED) is 0.273. The molecule has 5 nitrogen and oxygen atoms in total. The van der Waals surface area contributed by atoms with Crippen molar-refractivity contribution in [2.24, 2.45) is 4.99 Å². The van der Waals surface area contributed by atoms with Crippen LogP contribution in [0.4, 0.5) is 0 Å². The summed E-state index contributed by atoms with van der Waals surface area (Å²) in [5, 5.41) is 0.463. The molecule has 0 aromatic carbocycles. The van der Waals surface area contributed by atoms with Gasteiger partial charge in [0.25, 0.3) is 0 Å². The van der Waals surface area contributed by atoms with Crippen LogP contribution in [0.5, 0.6) is 0 Å². The summed E-state index contributed by atoms with van der Waals surface area (Å²) in [7, 11) is 0. The number of rotatable bonds is 8. The summed E-state index contributed by atoms with van der Waals surface area (Å²) in [6.07, 6.45) is 8.28. The highest BCUT2D eigenvalue weighted by Gasteiger charge is 2.16. The second-order valence-electron chi connectivity index (χ2n) is 6.17. The number of hydrazine groups is 1. The van der Waals surface area contributed by atoms with Gasteiger partial charge in [0.15, 0.2) is 0 Å². The molecule has 0 aliphatic carbocycles. The van der Waals surface area contributed by atoms with Crippen molar-refractivity contribution in [3.63, 3.8) is 0 Å². The topological polar surface area (TPSA) is 48.9 Å². The van der Waals surface area contributed by atoms with Gasteiger partial charge >= 0.3 is 0 Å². The van der Waals surface area contributed by atoms with Gasteiger partial charge in [0.2, 0.25) is 0 Å². The van der Waals surface area contributed by atoms with E-state index in [4.69, 9.17) is 9.73 Å². The summed E-state index contributed by atoms with van der Waals surface area (Å²) in [4.78, 5) is 7.15. The van der Waals surface area contributed by atoms with Gasteiger partial charge < -0.3 is 9.64 Å². The molecule has 0 spiro atoms. The molecule has 2 unspecified atom stereocenters. The van der Waals surface area contributed by atoms with Crippen molar-refractivity contribution in [1.29, 1.82) is 0 Å². The van der Waals surface area contributed by atoms with E-state index in [1.807, 2.05) is 11.8 Å². The highest BCUT2D eigenvalue weighted by atomic mass is 79.9. The first kappa shape index (κ1) is 20.2. The van der Waals surface area contributed by atoms with Crippen LogP contribution < -0.4 is 10.9 Å². The molecule has 2 fully saturated rings. The van der Waals surface area contributed by atoms with E-state index in [9.17, 15) is 0 Å². The van der Waals surface area contributed by atoms with E-state index in [-0.39, 0.29) is 6.23 Å². The average molecular weight is 419 g/mol. The van der Waals surface area contributed by atoms with Gasteiger partial charge in [-0.05, 0) is 50.9 Å². The van der Waals surface area contributed by atoms with Crippen molar-refractivity contribution in [3.8, 4) is 0 Å². The summed E-state index contributed by atoms with van der Waals surface area (Å²) in [6.45, 7) is 8.03. The summed E-state index contributed by atoms with van der Waals surface area (Å²) in [5.74, 6) is 2.19. The molecular weight excluding hydrogens is 388 g/mol. The standard InChI is InChI=1S/C17H31BrN4OS/c1-3-24-14(2)15(18)12-16(22-9-5-6-10-22)19-13-20-21-17-8-4-7-11-23-17/h12,14,17,20-21H,3-11,13H2,1-2H3/b15-12+,19-16?. The Morgan fingerprint density at radius 2 is 2.17 bits per heavy atom. The molecule has 0 aromatic rings. The van der Waals surface area contributed by atoms with E-state index in [1.165, 1.54) is 30.2 Å². The number of hydrogen-bond acceptors (Lipinski definition) is 5. The Hall–Kier alpha value is -0.0800. The maximum Gasteiger partial charge on any atom is 0.125 e. The number of nitrogens with zero attached hydrogens (tertiary/aromatic N) is 2. The van der Waals surface area contributed by atoms with Crippen molar-refractivity contribution < 1.29 is 4.74 Å². The summed E-state index contributed by atoms with van der Waals surface area (Å²) < 4.78 is 6.86. The molecule has 2 rings (SSSR count). The minimum atomic E-state index is 0.118. The fourth-order valence-electron chi connectivity index (χ4n) is 2.89. The van der Waals surface area contributed by atoms with Gasteiger partial charge in [0.05, 0.1) is 0 Å². The Morgan fingerprint density at radius 3 is 2.83 bits per heavy atom. The molecule has 2 aliphatic heterocycles. The first-order valence-electron chi connectivity index (χ1n) is 9.08. The molecule has 0 saturated carbocycles. The van der Waals surface area contributed by atoms with Crippen LogP contribution in [0.15, 0.2) is 15.6 Å². The van der Waals surface area contributed by atoms with E-state index < -0.39 is 0 Å². The first-order chi connectivity index (χ1) is 11.7. The third kappa shape index (κ3) is 7.04. The van der Waals surface area contributed by atoms with Crippen molar-refractivity contribution >= 4 is 33.5 Å². The zero-order valence-corrected chi connectivity index (χ0v) is 17.3.